The summed E-state index contributed by atoms with van der Waals surface area (Å²) in [7, 11) is 1.59. The highest BCUT2D eigenvalue weighted by atomic mass is 16.5. The van der Waals surface area contributed by atoms with Gasteiger partial charge in [0, 0.05) is 38.0 Å². The fourth-order valence-corrected chi connectivity index (χ4v) is 4.63. The van der Waals surface area contributed by atoms with E-state index in [9.17, 15) is 14.4 Å². The molecule has 2 aromatic rings. The topological polar surface area (TPSA) is 87.7 Å². The molecular formula is C25H29N3O4. The molecule has 0 spiro atoms. The Balaban J connectivity index is 1.40. The number of hydrogen-bond acceptors (Lipinski definition) is 4. The van der Waals surface area contributed by atoms with Gasteiger partial charge in [-0.25, -0.2) is 0 Å². The quantitative estimate of drug-likeness (QED) is 0.655. The number of ether oxygens (including phenoxy) is 1. The zero-order valence-corrected chi connectivity index (χ0v) is 18.3. The number of rotatable bonds is 7. The molecule has 2 heterocycles. The summed E-state index contributed by atoms with van der Waals surface area (Å²) in [6, 6.07) is 15.1. The van der Waals surface area contributed by atoms with Crippen LogP contribution in [0.3, 0.4) is 0 Å². The lowest BCUT2D eigenvalue weighted by Gasteiger charge is -2.34. The molecule has 0 unspecified atom stereocenters. The average molecular weight is 436 g/mol. The second-order valence-corrected chi connectivity index (χ2v) is 8.40. The van der Waals surface area contributed by atoms with E-state index in [-0.39, 0.29) is 29.6 Å². The van der Waals surface area contributed by atoms with Gasteiger partial charge in [0.15, 0.2) is 0 Å². The number of anilines is 1. The molecule has 1 atom stereocenters. The van der Waals surface area contributed by atoms with Crippen molar-refractivity contribution in [2.24, 2.45) is 5.92 Å². The lowest BCUT2D eigenvalue weighted by Crippen LogP contribution is -2.41. The van der Waals surface area contributed by atoms with E-state index in [4.69, 9.17) is 4.74 Å². The first-order chi connectivity index (χ1) is 15.6. The largest absolute Gasteiger partial charge is 0.383 e. The number of nitrogens with zero attached hydrogens (tertiary/aromatic N) is 1. The molecule has 3 amide bonds. The van der Waals surface area contributed by atoms with Crippen molar-refractivity contribution in [3.8, 4) is 0 Å². The number of fused-ring (bicyclic) bond motifs is 1. The van der Waals surface area contributed by atoms with Crippen LogP contribution in [0.4, 0.5) is 5.69 Å². The third-order valence-corrected chi connectivity index (χ3v) is 6.34. The first-order valence-corrected chi connectivity index (χ1v) is 11.1. The molecule has 0 aromatic heterocycles. The second-order valence-electron chi connectivity index (χ2n) is 8.40. The van der Waals surface area contributed by atoms with E-state index in [0.717, 1.165) is 29.7 Å². The van der Waals surface area contributed by atoms with Crippen LogP contribution < -0.4 is 10.6 Å². The fourth-order valence-electron chi connectivity index (χ4n) is 4.63. The minimum atomic E-state index is -0.289. The molecule has 7 heteroatoms. The van der Waals surface area contributed by atoms with Crippen molar-refractivity contribution in [1.82, 2.24) is 10.2 Å². The Morgan fingerprint density at radius 1 is 1.12 bits per heavy atom. The van der Waals surface area contributed by atoms with Crippen LogP contribution in [-0.4, -0.2) is 56.0 Å². The van der Waals surface area contributed by atoms with Gasteiger partial charge in [-0.3, -0.25) is 14.4 Å². The van der Waals surface area contributed by atoms with Gasteiger partial charge < -0.3 is 20.3 Å². The van der Waals surface area contributed by atoms with Crippen molar-refractivity contribution in [3.63, 3.8) is 0 Å². The third-order valence-electron chi connectivity index (χ3n) is 6.34. The number of piperidine rings is 1. The molecule has 2 aliphatic heterocycles. The van der Waals surface area contributed by atoms with Crippen molar-refractivity contribution in [2.45, 2.75) is 25.2 Å². The Morgan fingerprint density at radius 2 is 1.88 bits per heavy atom. The fraction of sp³-hybridized carbons (Fsp3) is 0.400. The highest BCUT2D eigenvalue weighted by Crippen LogP contribution is 2.41. The Morgan fingerprint density at radius 3 is 2.59 bits per heavy atom. The van der Waals surface area contributed by atoms with Crippen LogP contribution in [0.15, 0.2) is 48.5 Å². The number of carbonyl (C=O) groups is 3. The van der Waals surface area contributed by atoms with Crippen molar-refractivity contribution in [1.29, 1.82) is 0 Å². The summed E-state index contributed by atoms with van der Waals surface area (Å²) in [5, 5.41) is 5.78. The van der Waals surface area contributed by atoms with Gasteiger partial charge in [-0.2, -0.15) is 0 Å². The molecule has 2 aliphatic rings. The van der Waals surface area contributed by atoms with Crippen molar-refractivity contribution in [3.05, 3.63) is 65.2 Å². The summed E-state index contributed by atoms with van der Waals surface area (Å²) in [5.41, 5.74) is 3.20. The maximum absolute atomic E-state index is 12.8. The van der Waals surface area contributed by atoms with Crippen molar-refractivity contribution in [2.75, 3.05) is 38.7 Å². The molecule has 2 aromatic carbocycles. The summed E-state index contributed by atoms with van der Waals surface area (Å²) < 4.78 is 4.97. The van der Waals surface area contributed by atoms with Gasteiger partial charge in [-0.15, -0.1) is 0 Å². The van der Waals surface area contributed by atoms with Crippen LogP contribution in [0.1, 0.15) is 40.2 Å². The maximum Gasteiger partial charge on any atom is 0.251 e. The number of likely N-dealkylation sites (tertiary alicyclic amines) is 1. The predicted molar refractivity (Wildman–Crippen MR) is 121 cm³/mol. The predicted octanol–water partition coefficient (Wildman–Crippen LogP) is 2.58. The summed E-state index contributed by atoms with van der Waals surface area (Å²) in [5.74, 6) is -0.219. The molecule has 0 bridgehead atoms. The highest BCUT2D eigenvalue weighted by Gasteiger charge is 2.39. The van der Waals surface area contributed by atoms with Gasteiger partial charge in [0.25, 0.3) is 5.91 Å². The average Bonchev–Trinajstić information content (AvgIpc) is 3.14. The number of nitrogens with one attached hydrogen (secondary N) is 2. The van der Waals surface area contributed by atoms with Gasteiger partial charge in [-0.05, 0) is 48.1 Å². The number of benzene rings is 2. The standard InChI is InChI=1S/C25H29N3O4/c1-32-14-11-26-24(30)19-7-8-21-20(16-19)23(25(31)27-21)18-9-12-28(13-10-18)22(29)15-17-5-3-2-4-6-17/h2-8,16,18,23H,9-15H2,1H3,(H,26,30)(H,27,31)/t23-/m1/s1. The van der Waals surface area contributed by atoms with E-state index in [2.05, 4.69) is 10.6 Å². The zero-order valence-electron chi connectivity index (χ0n) is 18.3. The van der Waals surface area contributed by atoms with Gasteiger partial charge in [0.05, 0.1) is 18.9 Å². The molecule has 1 saturated heterocycles. The lowest BCUT2D eigenvalue weighted by atomic mass is 9.80. The molecule has 2 N–H and O–H groups in total. The van der Waals surface area contributed by atoms with Gasteiger partial charge >= 0.3 is 0 Å². The van der Waals surface area contributed by atoms with Crippen molar-refractivity contribution < 1.29 is 19.1 Å². The lowest BCUT2D eigenvalue weighted by molar-refractivity contribution is -0.132. The first kappa shape index (κ1) is 22.0. The molecular weight excluding hydrogens is 406 g/mol. The molecule has 0 aliphatic carbocycles. The summed E-state index contributed by atoms with van der Waals surface area (Å²) in [4.78, 5) is 39.8. The number of hydrogen-bond donors (Lipinski definition) is 2. The van der Waals surface area contributed by atoms with E-state index in [0.29, 0.717) is 38.2 Å². The first-order valence-electron chi connectivity index (χ1n) is 11.1. The summed E-state index contributed by atoms with van der Waals surface area (Å²) in [6.45, 7) is 2.17. The molecule has 4 rings (SSSR count). The van der Waals surface area contributed by atoms with E-state index in [1.807, 2.05) is 41.3 Å². The molecule has 1 fully saturated rings. The SMILES string of the molecule is COCCNC(=O)c1ccc2c(c1)[C@@H](C1CCN(C(=O)Cc3ccccc3)CC1)C(=O)N2. The molecule has 0 saturated carbocycles. The van der Waals surface area contributed by atoms with Crippen LogP contribution in [0.25, 0.3) is 0 Å². The molecule has 168 valence electrons. The number of methoxy groups -OCH3 is 1. The van der Waals surface area contributed by atoms with Gasteiger partial charge in [0.2, 0.25) is 11.8 Å². The Labute approximate surface area is 188 Å². The van der Waals surface area contributed by atoms with E-state index in [1.54, 1.807) is 19.2 Å². The Bertz CT molecular complexity index is 984. The van der Waals surface area contributed by atoms with Crippen LogP contribution in [0.5, 0.6) is 0 Å². The third kappa shape index (κ3) is 4.83. The Hall–Kier alpha value is -3.19. The van der Waals surface area contributed by atoms with E-state index in [1.165, 1.54) is 0 Å². The molecule has 32 heavy (non-hydrogen) atoms. The highest BCUT2D eigenvalue weighted by molar-refractivity contribution is 6.04. The van der Waals surface area contributed by atoms with E-state index >= 15 is 0 Å². The Kier molecular flexibility index (Phi) is 6.85. The van der Waals surface area contributed by atoms with Gasteiger partial charge in [0.1, 0.15) is 0 Å². The summed E-state index contributed by atoms with van der Waals surface area (Å²) >= 11 is 0. The summed E-state index contributed by atoms with van der Waals surface area (Å²) in [6.07, 6.45) is 1.93. The number of amides is 3. The van der Waals surface area contributed by atoms with Crippen LogP contribution in [0, 0.1) is 5.92 Å². The minimum absolute atomic E-state index is 0.0222. The van der Waals surface area contributed by atoms with Crippen LogP contribution >= 0.6 is 0 Å². The van der Waals surface area contributed by atoms with Crippen molar-refractivity contribution >= 4 is 23.4 Å². The van der Waals surface area contributed by atoms with Gasteiger partial charge in [-0.1, -0.05) is 30.3 Å². The monoisotopic (exact) mass is 435 g/mol. The van der Waals surface area contributed by atoms with Crippen LogP contribution in [0.2, 0.25) is 0 Å². The number of carbonyl (C=O) groups excluding carboxylic acids is 3. The second kappa shape index (κ2) is 9.96. The van der Waals surface area contributed by atoms with E-state index < -0.39 is 0 Å². The molecule has 0 radical (unpaired) electrons. The molecule has 7 nitrogen and oxygen atoms in total. The maximum atomic E-state index is 12.8. The normalized spacial score (nSPS) is 18.2. The smallest absolute Gasteiger partial charge is 0.251 e. The zero-order chi connectivity index (χ0) is 22.5. The van der Waals surface area contributed by atoms with Crippen LogP contribution in [-0.2, 0) is 20.7 Å². The minimum Gasteiger partial charge on any atom is -0.383 e.